The number of carbonyl (C=O) groups is 1. The Morgan fingerprint density at radius 2 is 1.90 bits per heavy atom. The number of ether oxygens (including phenoxy) is 3. The molecule has 8 heteroatoms. The molecule has 8 nitrogen and oxygen atoms in total. The summed E-state index contributed by atoms with van der Waals surface area (Å²) in [5.74, 6) is 1.59. The Labute approximate surface area is 170 Å². The van der Waals surface area contributed by atoms with Gasteiger partial charge in [0.1, 0.15) is 29.8 Å². The summed E-state index contributed by atoms with van der Waals surface area (Å²) in [6.45, 7) is 7.65. The van der Waals surface area contributed by atoms with Crippen LogP contribution in [0.3, 0.4) is 0 Å². The van der Waals surface area contributed by atoms with Gasteiger partial charge in [-0.15, -0.1) is 0 Å². The molecule has 2 aromatic heterocycles. The predicted molar refractivity (Wildman–Crippen MR) is 104 cm³/mol. The van der Waals surface area contributed by atoms with Gasteiger partial charge in [0.25, 0.3) is 0 Å². The predicted octanol–water partition coefficient (Wildman–Crippen LogP) is 2.00. The molecule has 4 heterocycles. The van der Waals surface area contributed by atoms with Crippen molar-refractivity contribution in [3.8, 4) is 5.75 Å². The molecular formula is C21H27N3O5. The van der Waals surface area contributed by atoms with Crippen molar-refractivity contribution in [2.45, 2.75) is 51.9 Å². The lowest BCUT2D eigenvalue weighted by molar-refractivity contribution is -0.131. The van der Waals surface area contributed by atoms with Crippen LogP contribution in [0.15, 0.2) is 22.9 Å². The van der Waals surface area contributed by atoms with Gasteiger partial charge in [-0.2, -0.15) is 0 Å². The van der Waals surface area contributed by atoms with Gasteiger partial charge in [0.15, 0.2) is 0 Å². The summed E-state index contributed by atoms with van der Waals surface area (Å²) in [5, 5.41) is 3.95. The van der Waals surface area contributed by atoms with Gasteiger partial charge in [0, 0.05) is 30.8 Å². The van der Waals surface area contributed by atoms with Gasteiger partial charge in [-0.1, -0.05) is 5.16 Å². The summed E-state index contributed by atoms with van der Waals surface area (Å²) >= 11 is 0. The van der Waals surface area contributed by atoms with Crippen LogP contribution in [0.5, 0.6) is 5.75 Å². The van der Waals surface area contributed by atoms with Gasteiger partial charge in [-0.25, -0.2) is 0 Å². The molecule has 2 fully saturated rings. The number of carbonyl (C=O) groups excluding carboxylic acids is 1. The van der Waals surface area contributed by atoms with E-state index in [1.807, 2.05) is 37.8 Å². The average molecular weight is 401 g/mol. The number of pyridine rings is 1. The quantitative estimate of drug-likeness (QED) is 0.757. The molecule has 4 rings (SSSR count). The molecule has 156 valence electrons. The second kappa shape index (κ2) is 8.51. The van der Waals surface area contributed by atoms with Crippen LogP contribution in [0.4, 0.5) is 0 Å². The smallest absolute Gasteiger partial charge is 0.223 e. The first-order valence-corrected chi connectivity index (χ1v) is 10.0. The van der Waals surface area contributed by atoms with Crippen LogP contribution in [-0.2, 0) is 20.7 Å². The Morgan fingerprint density at radius 3 is 2.48 bits per heavy atom. The number of nitrogens with zero attached hydrogens (tertiary/aromatic N) is 3. The highest BCUT2D eigenvalue weighted by atomic mass is 16.6. The lowest BCUT2D eigenvalue weighted by atomic mass is 10.1. The second-order valence-electron chi connectivity index (χ2n) is 7.72. The molecule has 2 atom stereocenters. The van der Waals surface area contributed by atoms with Crippen LogP contribution in [0.2, 0.25) is 0 Å². The van der Waals surface area contributed by atoms with Gasteiger partial charge in [-0.3, -0.25) is 9.78 Å². The fraction of sp³-hybridized carbons (Fsp3) is 0.571. The first-order valence-electron chi connectivity index (χ1n) is 10.0. The lowest BCUT2D eigenvalue weighted by Gasteiger charge is -2.19. The molecular weight excluding hydrogens is 374 g/mol. The number of hydrogen-bond donors (Lipinski definition) is 0. The SMILES string of the molecule is Cc1ccc(OC2CO[C@H]3CN(C(=O)CCc4c(C)noc4C)C[C@@H]3OC2)cn1. The minimum Gasteiger partial charge on any atom is -0.484 e. The number of rotatable bonds is 5. The van der Waals surface area contributed by atoms with E-state index in [0.717, 1.165) is 22.7 Å². The summed E-state index contributed by atoms with van der Waals surface area (Å²) in [6, 6.07) is 3.81. The van der Waals surface area contributed by atoms with Crippen LogP contribution >= 0.6 is 0 Å². The van der Waals surface area contributed by atoms with E-state index in [4.69, 9.17) is 18.7 Å². The number of fused-ring (bicyclic) bond motifs is 1. The van der Waals surface area contributed by atoms with E-state index in [-0.39, 0.29) is 24.2 Å². The number of likely N-dealkylation sites (tertiary alicyclic amines) is 1. The summed E-state index contributed by atoms with van der Waals surface area (Å²) in [4.78, 5) is 18.7. The zero-order chi connectivity index (χ0) is 20.4. The third-order valence-electron chi connectivity index (χ3n) is 5.52. The van der Waals surface area contributed by atoms with Crippen LogP contribution in [0, 0.1) is 20.8 Å². The lowest BCUT2D eigenvalue weighted by Crippen LogP contribution is -2.33. The third-order valence-corrected chi connectivity index (χ3v) is 5.52. The van der Waals surface area contributed by atoms with Crippen LogP contribution in [0.1, 0.15) is 29.1 Å². The van der Waals surface area contributed by atoms with Crippen LogP contribution in [0.25, 0.3) is 0 Å². The highest BCUT2D eigenvalue weighted by Gasteiger charge is 2.39. The Hall–Kier alpha value is -2.45. The molecule has 29 heavy (non-hydrogen) atoms. The van der Waals surface area contributed by atoms with Crippen molar-refractivity contribution in [1.29, 1.82) is 0 Å². The number of amides is 1. The first kappa shape index (κ1) is 19.8. The molecule has 0 unspecified atom stereocenters. The largest absolute Gasteiger partial charge is 0.484 e. The minimum absolute atomic E-state index is 0.101. The van der Waals surface area contributed by atoms with E-state index in [1.165, 1.54) is 0 Å². The van der Waals surface area contributed by atoms with Crippen molar-refractivity contribution in [3.05, 3.63) is 41.0 Å². The van der Waals surface area contributed by atoms with Gasteiger partial charge >= 0.3 is 0 Å². The Kier molecular flexibility index (Phi) is 5.82. The Balaban J connectivity index is 1.27. The maximum absolute atomic E-state index is 12.7. The van der Waals surface area contributed by atoms with Crippen molar-refractivity contribution < 1.29 is 23.5 Å². The van der Waals surface area contributed by atoms with Crippen LogP contribution in [-0.4, -0.2) is 65.6 Å². The van der Waals surface area contributed by atoms with E-state index < -0.39 is 0 Å². The Bertz CT molecular complexity index is 815. The number of aromatic nitrogens is 2. The molecule has 0 bridgehead atoms. The van der Waals surface area contributed by atoms with Gasteiger partial charge in [0.2, 0.25) is 5.91 Å². The molecule has 0 aromatic carbocycles. The van der Waals surface area contributed by atoms with Crippen molar-refractivity contribution in [2.75, 3.05) is 26.3 Å². The van der Waals surface area contributed by atoms with E-state index in [2.05, 4.69) is 10.1 Å². The molecule has 2 aliphatic heterocycles. The zero-order valence-electron chi connectivity index (χ0n) is 17.1. The molecule has 1 amide bonds. The van der Waals surface area contributed by atoms with Gasteiger partial charge in [0.05, 0.1) is 25.1 Å². The fourth-order valence-electron chi connectivity index (χ4n) is 3.81. The van der Waals surface area contributed by atoms with Crippen LogP contribution < -0.4 is 4.74 Å². The van der Waals surface area contributed by atoms with Gasteiger partial charge < -0.3 is 23.6 Å². The summed E-state index contributed by atoms with van der Waals surface area (Å²) in [5.41, 5.74) is 2.81. The first-order chi connectivity index (χ1) is 14.0. The minimum atomic E-state index is -0.186. The topological polar surface area (TPSA) is 86.9 Å². The van der Waals surface area contributed by atoms with Crippen molar-refractivity contribution in [1.82, 2.24) is 15.0 Å². The molecule has 2 aliphatic rings. The second-order valence-corrected chi connectivity index (χ2v) is 7.72. The molecule has 0 spiro atoms. The maximum atomic E-state index is 12.7. The molecule has 2 aromatic rings. The molecule has 2 saturated heterocycles. The zero-order valence-corrected chi connectivity index (χ0v) is 17.1. The average Bonchev–Trinajstić information content (AvgIpc) is 3.21. The maximum Gasteiger partial charge on any atom is 0.223 e. The van der Waals surface area contributed by atoms with Crippen molar-refractivity contribution >= 4 is 5.91 Å². The number of aryl methyl sites for hydroxylation is 3. The highest BCUT2D eigenvalue weighted by Crippen LogP contribution is 2.23. The summed E-state index contributed by atoms with van der Waals surface area (Å²) < 4.78 is 23.1. The highest BCUT2D eigenvalue weighted by molar-refractivity contribution is 5.77. The van der Waals surface area contributed by atoms with Crippen molar-refractivity contribution in [2.24, 2.45) is 0 Å². The summed E-state index contributed by atoms with van der Waals surface area (Å²) in [6.07, 6.45) is 2.34. The van der Waals surface area contributed by atoms with Gasteiger partial charge in [-0.05, 0) is 39.3 Å². The van der Waals surface area contributed by atoms with E-state index in [1.54, 1.807) is 6.20 Å². The summed E-state index contributed by atoms with van der Waals surface area (Å²) in [7, 11) is 0. The van der Waals surface area contributed by atoms with E-state index in [0.29, 0.717) is 44.9 Å². The fourth-order valence-corrected chi connectivity index (χ4v) is 3.81. The molecule has 0 radical (unpaired) electrons. The molecule has 0 N–H and O–H groups in total. The Morgan fingerprint density at radius 1 is 1.17 bits per heavy atom. The number of hydrogen-bond acceptors (Lipinski definition) is 7. The van der Waals surface area contributed by atoms with E-state index in [9.17, 15) is 4.79 Å². The monoisotopic (exact) mass is 401 g/mol. The molecule has 0 saturated carbocycles. The molecule has 0 aliphatic carbocycles. The van der Waals surface area contributed by atoms with Crippen molar-refractivity contribution in [3.63, 3.8) is 0 Å². The standard InChI is InChI=1S/C21H27N3O5/c1-13-4-5-16(8-22-13)28-17-11-26-19-9-24(10-20(19)27-12-17)21(25)7-6-18-14(2)23-29-15(18)3/h4-5,8,17,19-20H,6-7,9-12H2,1-3H3/t19-,20-/m0/s1. The van der Waals surface area contributed by atoms with E-state index >= 15 is 0 Å². The normalized spacial score (nSPS) is 22.4. The third kappa shape index (κ3) is 4.59.